The van der Waals surface area contributed by atoms with Gasteiger partial charge < -0.3 is 29.8 Å². The highest BCUT2D eigenvalue weighted by Crippen LogP contribution is 2.40. The fourth-order valence-electron chi connectivity index (χ4n) is 10.1. The van der Waals surface area contributed by atoms with Crippen LogP contribution in [0.25, 0.3) is 4.85 Å². The SMILES string of the molecule is [C-]#[N+]c1ccc(N2CCC(C(=O)Nc3ccc(N4CC(CN5CCN(CC6CCN(c7ccc8c(c7)C(=O)N(C7CCC(=O)NC7=O)C8=O)CC6)CC5)C4)cn3)CC2)cc1C(F)(F)F. The van der Waals surface area contributed by atoms with Gasteiger partial charge in [0.1, 0.15) is 11.9 Å². The van der Waals surface area contributed by atoms with E-state index in [0.29, 0.717) is 60.4 Å². The summed E-state index contributed by atoms with van der Waals surface area (Å²) in [4.78, 5) is 83.7. The minimum Gasteiger partial charge on any atom is -0.372 e. The molecule has 6 aliphatic heterocycles. The molecule has 64 heavy (non-hydrogen) atoms. The maximum absolute atomic E-state index is 13.5. The Bertz CT molecular complexity index is 2340. The molecule has 7 heterocycles. The fourth-order valence-corrected chi connectivity index (χ4v) is 10.1. The van der Waals surface area contributed by atoms with Crippen LogP contribution in [0.5, 0.6) is 0 Å². The van der Waals surface area contributed by atoms with Crippen molar-refractivity contribution in [2.24, 2.45) is 17.8 Å². The van der Waals surface area contributed by atoms with E-state index in [0.717, 1.165) is 101 Å². The highest BCUT2D eigenvalue weighted by molar-refractivity contribution is 6.23. The third-order valence-corrected chi connectivity index (χ3v) is 13.9. The van der Waals surface area contributed by atoms with Crippen LogP contribution in [0.3, 0.4) is 0 Å². The smallest absolute Gasteiger partial charge is 0.372 e. The van der Waals surface area contributed by atoms with Gasteiger partial charge in [0.15, 0.2) is 5.69 Å². The number of piperazine rings is 1. The first kappa shape index (κ1) is 43.2. The Hall–Kier alpha value is -6.06. The Kier molecular flexibility index (Phi) is 12.0. The highest BCUT2D eigenvalue weighted by Gasteiger charge is 2.45. The largest absolute Gasteiger partial charge is 0.407 e. The minimum absolute atomic E-state index is 0.0887. The number of aromatic nitrogens is 1. The van der Waals surface area contributed by atoms with Crippen molar-refractivity contribution in [2.45, 2.75) is 50.7 Å². The van der Waals surface area contributed by atoms with Gasteiger partial charge >= 0.3 is 6.18 Å². The second-order valence-corrected chi connectivity index (χ2v) is 17.9. The summed E-state index contributed by atoms with van der Waals surface area (Å²) in [6, 6.07) is 11.9. The quantitative estimate of drug-likeness (QED) is 0.213. The van der Waals surface area contributed by atoms with Gasteiger partial charge in [-0.05, 0) is 80.5 Å². The van der Waals surface area contributed by atoms with Crippen LogP contribution in [0, 0.1) is 24.3 Å². The second kappa shape index (κ2) is 17.8. The van der Waals surface area contributed by atoms with Gasteiger partial charge in [0, 0.05) is 108 Å². The van der Waals surface area contributed by atoms with E-state index in [2.05, 4.69) is 40.1 Å². The lowest BCUT2D eigenvalue weighted by Gasteiger charge is -2.45. The Labute approximate surface area is 369 Å². The summed E-state index contributed by atoms with van der Waals surface area (Å²) < 4.78 is 40.5. The number of hydrogen-bond acceptors (Lipinski definition) is 11. The lowest BCUT2D eigenvalue weighted by atomic mass is 9.95. The van der Waals surface area contributed by atoms with Gasteiger partial charge in [0.2, 0.25) is 17.7 Å². The van der Waals surface area contributed by atoms with Gasteiger partial charge in [-0.2, -0.15) is 13.2 Å². The topological polar surface area (TPSA) is 146 Å². The number of imide groups is 2. The van der Waals surface area contributed by atoms with Gasteiger partial charge in [0.25, 0.3) is 11.8 Å². The molecule has 18 heteroatoms. The lowest BCUT2D eigenvalue weighted by molar-refractivity contribution is -0.137. The summed E-state index contributed by atoms with van der Waals surface area (Å²) in [5.74, 6) is -0.787. The number of fused-ring (bicyclic) bond motifs is 1. The number of piperidine rings is 3. The van der Waals surface area contributed by atoms with Crippen molar-refractivity contribution in [3.8, 4) is 0 Å². The van der Waals surface area contributed by atoms with Gasteiger partial charge in [-0.1, -0.05) is 6.07 Å². The number of carbonyl (C=O) groups is 5. The van der Waals surface area contributed by atoms with Gasteiger partial charge in [-0.25, -0.2) is 9.83 Å². The molecule has 5 saturated heterocycles. The van der Waals surface area contributed by atoms with E-state index in [4.69, 9.17) is 6.57 Å². The van der Waals surface area contributed by atoms with Crippen molar-refractivity contribution >= 4 is 58.1 Å². The number of amides is 5. The number of alkyl halides is 3. The first-order chi connectivity index (χ1) is 30.8. The molecule has 1 aromatic heterocycles. The van der Waals surface area contributed by atoms with E-state index in [9.17, 15) is 37.1 Å². The van der Waals surface area contributed by atoms with Gasteiger partial charge in [-0.15, -0.1) is 0 Å². The van der Waals surface area contributed by atoms with E-state index >= 15 is 0 Å². The predicted molar refractivity (Wildman–Crippen MR) is 232 cm³/mol. The molecule has 2 aromatic carbocycles. The number of nitrogens with one attached hydrogen (secondary N) is 2. The van der Waals surface area contributed by atoms with Crippen LogP contribution in [0.2, 0.25) is 0 Å². The first-order valence-electron chi connectivity index (χ1n) is 22.2. The molecule has 0 bridgehead atoms. The van der Waals surface area contributed by atoms with Crippen LogP contribution in [0.1, 0.15) is 64.8 Å². The van der Waals surface area contributed by atoms with Crippen LogP contribution >= 0.6 is 0 Å². The van der Waals surface area contributed by atoms with Crippen LogP contribution < -0.4 is 25.3 Å². The number of carbonyl (C=O) groups excluding carboxylic acids is 5. The number of nitrogens with zero attached hydrogens (tertiary/aromatic N) is 8. The standard InChI is InChI=1S/C46H51F3N10O5/c1-50-38-6-3-33(23-37(38)46(47,48)49)57-16-12-31(13-17-57)42(61)52-40-8-4-34(24-51-40)58-27-30(28-58)26-55-20-18-54(19-21-55)25-29-10-14-56(15-11-29)32-2-5-35-36(22-32)45(64)59(44(35)63)39-7-9-41(60)53-43(39)62/h2-6,8,22-24,29-31,39H,7,9-21,25-28H2,(H,51,52,61)(H,53,60,62). The molecule has 3 aromatic rings. The minimum atomic E-state index is -4.61. The van der Waals surface area contributed by atoms with Crippen molar-refractivity contribution in [1.82, 2.24) is 25.0 Å². The molecule has 1 unspecified atom stereocenters. The molecule has 0 aliphatic carbocycles. The average molecular weight is 881 g/mol. The molecule has 6 aliphatic rings. The Morgan fingerprint density at radius 3 is 1.97 bits per heavy atom. The average Bonchev–Trinajstić information content (AvgIpc) is 3.53. The Morgan fingerprint density at radius 1 is 0.734 bits per heavy atom. The number of pyridine rings is 1. The molecule has 0 saturated carbocycles. The summed E-state index contributed by atoms with van der Waals surface area (Å²) in [7, 11) is 0. The molecule has 1 atom stereocenters. The summed E-state index contributed by atoms with van der Waals surface area (Å²) in [6.07, 6.45) is 0.455. The number of halogens is 3. The van der Waals surface area contributed by atoms with Gasteiger partial charge in [0.05, 0.1) is 35.1 Å². The monoisotopic (exact) mass is 880 g/mol. The predicted octanol–water partition coefficient (Wildman–Crippen LogP) is 4.88. The van der Waals surface area contributed by atoms with Crippen molar-refractivity contribution in [3.63, 3.8) is 0 Å². The van der Waals surface area contributed by atoms with Crippen LogP contribution in [0.4, 0.5) is 41.7 Å². The van der Waals surface area contributed by atoms with Crippen molar-refractivity contribution in [3.05, 3.63) is 82.8 Å². The zero-order valence-corrected chi connectivity index (χ0v) is 35.5. The molecule has 336 valence electrons. The van der Waals surface area contributed by atoms with E-state index in [1.54, 1.807) is 18.3 Å². The van der Waals surface area contributed by atoms with Crippen LogP contribution in [-0.4, -0.2) is 134 Å². The second-order valence-electron chi connectivity index (χ2n) is 17.9. The zero-order chi connectivity index (χ0) is 44.7. The molecule has 9 rings (SSSR count). The van der Waals surface area contributed by atoms with Crippen LogP contribution in [0.15, 0.2) is 54.7 Å². The van der Waals surface area contributed by atoms with Crippen molar-refractivity contribution in [2.75, 3.05) is 98.6 Å². The van der Waals surface area contributed by atoms with E-state index in [-0.39, 0.29) is 24.7 Å². The molecule has 5 amide bonds. The van der Waals surface area contributed by atoms with E-state index in [1.807, 2.05) is 23.1 Å². The Balaban J connectivity index is 0.661. The van der Waals surface area contributed by atoms with E-state index < -0.39 is 47.1 Å². The first-order valence-corrected chi connectivity index (χ1v) is 22.2. The third-order valence-electron chi connectivity index (χ3n) is 13.9. The molecular weight excluding hydrogens is 830 g/mol. The molecule has 5 fully saturated rings. The number of benzene rings is 2. The van der Waals surface area contributed by atoms with Gasteiger partial charge in [-0.3, -0.25) is 34.2 Å². The highest BCUT2D eigenvalue weighted by atomic mass is 19.4. The van der Waals surface area contributed by atoms with Crippen LogP contribution in [-0.2, 0) is 20.6 Å². The maximum atomic E-state index is 13.5. The summed E-state index contributed by atoms with van der Waals surface area (Å²) >= 11 is 0. The van der Waals surface area contributed by atoms with E-state index in [1.165, 1.54) is 12.1 Å². The fraction of sp³-hybridized carbons (Fsp3) is 0.500. The number of rotatable bonds is 10. The molecule has 15 nitrogen and oxygen atoms in total. The summed E-state index contributed by atoms with van der Waals surface area (Å²) in [5, 5.41) is 5.16. The number of hydrogen-bond donors (Lipinski definition) is 2. The normalized spacial score (nSPS) is 22.1. The zero-order valence-electron chi connectivity index (χ0n) is 35.5. The third kappa shape index (κ3) is 9.00. The Morgan fingerprint density at radius 2 is 1.34 bits per heavy atom. The molecule has 2 N–H and O–H groups in total. The molecular formula is C46H51F3N10O5. The molecule has 0 radical (unpaired) electrons. The van der Waals surface area contributed by atoms with Crippen molar-refractivity contribution < 1.29 is 37.1 Å². The summed E-state index contributed by atoms with van der Waals surface area (Å²) in [6.45, 7) is 17.8. The summed E-state index contributed by atoms with van der Waals surface area (Å²) in [5.41, 5.74) is 1.55. The molecule has 0 spiro atoms. The number of anilines is 4. The maximum Gasteiger partial charge on any atom is 0.407 e. The van der Waals surface area contributed by atoms with Crippen molar-refractivity contribution in [1.29, 1.82) is 0 Å². The lowest BCUT2D eigenvalue weighted by Crippen LogP contribution is -2.55.